The first-order chi connectivity index (χ1) is 10.2. The molecular weight excluding hydrogens is 264 g/mol. The van der Waals surface area contributed by atoms with E-state index in [1.54, 1.807) is 18.5 Å². The molecule has 5 heteroatoms. The van der Waals surface area contributed by atoms with Gasteiger partial charge in [0.05, 0.1) is 0 Å². The van der Waals surface area contributed by atoms with E-state index >= 15 is 0 Å². The maximum Gasteiger partial charge on any atom is 0.274 e. The molecule has 2 aromatic heterocycles. The summed E-state index contributed by atoms with van der Waals surface area (Å²) in [4.78, 5) is 23.6. The Morgan fingerprint density at radius 1 is 1.19 bits per heavy atom. The van der Waals surface area contributed by atoms with E-state index in [1.807, 2.05) is 43.3 Å². The molecule has 0 radical (unpaired) electrons. The van der Waals surface area contributed by atoms with Crippen LogP contribution in [0.3, 0.4) is 0 Å². The van der Waals surface area contributed by atoms with Crippen molar-refractivity contribution in [2.75, 3.05) is 5.32 Å². The molecule has 1 amide bonds. The van der Waals surface area contributed by atoms with Gasteiger partial charge in [0.2, 0.25) is 0 Å². The third-order valence-electron chi connectivity index (χ3n) is 3.01. The van der Waals surface area contributed by atoms with Gasteiger partial charge in [-0.1, -0.05) is 18.2 Å². The molecule has 2 N–H and O–H groups in total. The lowest BCUT2D eigenvalue weighted by atomic mass is 10.2. The smallest absolute Gasteiger partial charge is 0.274 e. The van der Waals surface area contributed by atoms with Gasteiger partial charge in [-0.15, -0.1) is 0 Å². The molecule has 3 rings (SSSR count). The molecule has 0 aliphatic heterocycles. The van der Waals surface area contributed by atoms with Crippen molar-refractivity contribution in [1.29, 1.82) is 0 Å². The van der Waals surface area contributed by atoms with E-state index in [4.69, 9.17) is 0 Å². The van der Waals surface area contributed by atoms with Gasteiger partial charge >= 0.3 is 0 Å². The number of carbonyl (C=O) groups is 1. The Bertz CT molecular complexity index is 765. The Morgan fingerprint density at radius 2 is 2.05 bits per heavy atom. The topological polar surface area (TPSA) is 70.7 Å². The van der Waals surface area contributed by atoms with Crippen molar-refractivity contribution in [2.24, 2.45) is 0 Å². The standard InChI is InChI=1S/C16H14N4O/c1-11-4-2-7-14(19-11)16(21)20-13-6-3-5-12(10-13)15-17-8-9-18-15/h2-10H,1H3,(H,17,18)(H,20,21). The summed E-state index contributed by atoms with van der Waals surface area (Å²) >= 11 is 0. The molecule has 0 aliphatic carbocycles. The molecule has 104 valence electrons. The molecular formula is C16H14N4O. The number of hydrogen-bond acceptors (Lipinski definition) is 3. The van der Waals surface area contributed by atoms with Gasteiger partial charge in [0.1, 0.15) is 11.5 Å². The van der Waals surface area contributed by atoms with Crippen molar-refractivity contribution < 1.29 is 4.79 Å². The molecule has 5 nitrogen and oxygen atoms in total. The number of benzene rings is 1. The summed E-state index contributed by atoms with van der Waals surface area (Å²) in [6.45, 7) is 1.86. The Balaban J connectivity index is 1.82. The van der Waals surface area contributed by atoms with E-state index < -0.39 is 0 Å². The number of rotatable bonds is 3. The van der Waals surface area contributed by atoms with Gasteiger partial charge in [-0.2, -0.15) is 0 Å². The van der Waals surface area contributed by atoms with Crippen molar-refractivity contribution in [2.45, 2.75) is 6.92 Å². The number of aromatic nitrogens is 3. The molecule has 1 aromatic carbocycles. The zero-order valence-corrected chi connectivity index (χ0v) is 11.5. The van der Waals surface area contributed by atoms with Crippen molar-refractivity contribution in [3.8, 4) is 11.4 Å². The lowest BCUT2D eigenvalue weighted by Crippen LogP contribution is -2.13. The molecule has 0 bridgehead atoms. The minimum Gasteiger partial charge on any atom is -0.345 e. The lowest BCUT2D eigenvalue weighted by molar-refractivity contribution is 0.102. The number of anilines is 1. The van der Waals surface area contributed by atoms with Crippen LogP contribution in [0.2, 0.25) is 0 Å². The van der Waals surface area contributed by atoms with Gasteiger partial charge in [0.25, 0.3) is 5.91 Å². The molecule has 3 aromatic rings. The van der Waals surface area contributed by atoms with Crippen LogP contribution in [0.4, 0.5) is 5.69 Å². The van der Waals surface area contributed by atoms with Crippen LogP contribution < -0.4 is 5.32 Å². The van der Waals surface area contributed by atoms with Gasteiger partial charge in [0, 0.05) is 29.3 Å². The number of imidazole rings is 1. The highest BCUT2D eigenvalue weighted by atomic mass is 16.1. The summed E-state index contributed by atoms with van der Waals surface area (Å²) in [5.74, 6) is 0.537. The Morgan fingerprint density at radius 3 is 2.81 bits per heavy atom. The molecule has 0 atom stereocenters. The largest absolute Gasteiger partial charge is 0.345 e. The summed E-state index contributed by atoms with van der Waals surface area (Å²) < 4.78 is 0. The van der Waals surface area contributed by atoms with E-state index in [2.05, 4.69) is 20.3 Å². The Hall–Kier alpha value is -2.95. The van der Waals surface area contributed by atoms with Gasteiger partial charge < -0.3 is 10.3 Å². The summed E-state index contributed by atoms with van der Waals surface area (Å²) in [6.07, 6.45) is 3.45. The Labute approximate surface area is 122 Å². The summed E-state index contributed by atoms with van der Waals surface area (Å²) in [5, 5.41) is 2.84. The van der Waals surface area contributed by atoms with E-state index in [0.29, 0.717) is 11.4 Å². The number of nitrogens with zero attached hydrogens (tertiary/aromatic N) is 2. The number of H-pyrrole nitrogens is 1. The first kappa shape index (κ1) is 13.1. The molecule has 2 heterocycles. The number of pyridine rings is 1. The van der Waals surface area contributed by atoms with E-state index in [9.17, 15) is 4.79 Å². The molecule has 0 unspecified atom stereocenters. The summed E-state index contributed by atoms with van der Waals surface area (Å²) in [5.41, 5.74) is 2.83. The van der Waals surface area contributed by atoms with E-state index in [-0.39, 0.29) is 5.91 Å². The van der Waals surface area contributed by atoms with Crippen LogP contribution in [0, 0.1) is 6.92 Å². The normalized spacial score (nSPS) is 10.3. The molecule has 0 fully saturated rings. The first-order valence-electron chi connectivity index (χ1n) is 6.57. The van der Waals surface area contributed by atoms with Gasteiger partial charge in [-0.3, -0.25) is 4.79 Å². The van der Waals surface area contributed by atoms with Crippen LogP contribution in [-0.4, -0.2) is 20.9 Å². The highest BCUT2D eigenvalue weighted by molar-refractivity contribution is 6.03. The summed E-state index contributed by atoms with van der Waals surface area (Å²) in [6, 6.07) is 12.9. The van der Waals surface area contributed by atoms with Crippen molar-refractivity contribution in [3.63, 3.8) is 0 Å². The van der Waals surface area contributed by atoms with Crippen LogP contribution in [-0.2, 0) is 0 Å². The predicted molar refractivity (Wildman–Crippen MR) is 81.0 cm³/mol. The number of aryl methyl sites for hydroxylation is 1. The quantitative estimate of drug-likeness (QED) is 0.773. The number of amides is 1. The van der Waals surface area contributed by atoms with Crippen LogP contribution in [0.1, 0.15) is 16.2 Å². The monoisotopic (exact) mass is 278 g/mol. The SMILES string of the molecule is Cc1cccc(C(=O)Nc2cccc(-c3ncc[nH]3)c2)n1. The van der Waals surface area contributed by atoms with Crippen molar-refractivity contribution in [1.82, 2.24) is 15.0 Å². The molecule has 0 saturated heterocycles. The lowest BCUT2D eigenvalue weighted by Gasteiger charge is -2.06. The van der Waals surface area contributed by atoms with Gasteiger partial charge in [-0.05, 0) is 31.2 Å². The molecule has 0 aliphatic rings. The molecule has 21 heavy (non-hydrogen) atoms. The number of nitrogens with one attached hydrogen (secondary N) is 2. The van der Waals surface area contributed by atoms with Crippen molar-refractivity contribution >= 4 is 11.6 Å². The fraction of sp³-hybridized carbons (Fsp3) is 0.0625. The van der Waals surface area contributed by atoms with Crippen LogP contribution in [0.5, 0.6) is 0 Å². The average Bonchev–Trinajstić information content (AvgIpc) is 3.02. The fourth-order valence-electron chi connectivity index (χ4n) is 2.03. The van der Waals surface area contributed by atoms with Gasteiger partial charge in [-0.25, -0.2) is 9.97 Å². The van der Waals surface area contributed by atoms with Crippen molar-refractivity contribution in [3.05, 3.63) is 66.2 Å². The minimum atomic E-state index is -0.227. The first-order valence-corrected chi connectivity index (χ1v) is 6.57. The number of aromatic amines is 1. The second-order valence-electron chi connectivity index (χ2n) is 4.64. The highest BCUT2D eigenvalue weighted by Gasteiger charge is 2.08. The zero-order valence-electron chi connectivity index (χ0n) is 11.5. The predicted octanol–water partition coefficient (Wildman–Crippen LogP) is 3.03. The summed E-state index contributed by atoms with van der Waals surface area (Å²) in [7, 11) is 0. The second kappa shape index (κ2) is 5.58. The Kier molecular flexibility index (Phi) is 3.47. The maximum absolute atomic E-state index is 12.2. The second-order valence-corrected chi connectivity index (χ2v) is 4.64. The molecule has 0 spiro atoms. The highest BCUT2D eigenvalue weighted by Crippen LogP contribution is 2.19. The van der Waals surface area contributed by atoms with E-state index in [0.717, 1.165) is 17.1 Å². The molecule has 0 saturated carbocycles. The maximum atomic E-state index is 12.2. The van der Waals surface area contributed by atoms with Crippen LogP contribution in [0.15, 0.2) is 54.9 Å². The number of hydrogen-bond donors (Lipinski definition) is 2. The van der Waals surface area contributed by atoms with Gasteiger partial charge in [0.15, 0.2) is 0 Å². The third-order valence-corrected chi connectivity index (χ3v) is 3.01. The third kappa shape index (κ3) is 2.97. The van der Waals surface area contributed by atoms with E-state index in [1.165, 1.54) is 0 Å². The fourth-order valence-corrected chi connectivity index (χ4v) is 2.03. The average molecular weight is 278 g/mol. The minimum absolute atomic E-state index is 0.227. The number of carbonyl (C=O) groups excluding carboxylic acids is 1. The van der Waals surface area contributed by atoms with Crippen LogP contribution >= 0.6 is 0 Å². The van der Waals surface area contributed by atoms with Crippen LogP contribution in [0.25, 0.3) is 11.4 Å². The zero-order chi connectivity index (χ0) is 14.7.